The number of benzene rings is 1. The van der Waals surface area contributed by atoms with Gasteiger partial charge < -0.3 is 0 Å². The van der Waals surface area contributed by atoms with E-state index in [-0.39, 0.29) is 32.9 Å². The van der Waals surface area contributed by atoms with E-state index in [0.717, 1.165) is 0 Å². The molecule has 0 aliphatic rings. The van der Waals surface area contributed by atoms with Crippen LogP contribution in [0.1, 0.15) is 11.1 Å². The zero-order chi connectivity index (χ0) is 17.6. The molecule has 0 aliphatic heterocycles. The van der Waals surface area contributed by atoms with E-state index in [1.165, 1.54) is 12.1 Å². The van der Waals surface area contributed by atoms with E-state index in [4.69, 9.17) is 34.8 Å². The molecule has 0 amide bonds. The van der Waals surface area contributed by atoms with Gasteiger partial charge in [-0.15, -0.1) is 0 Å². The number of pyridine rings is 1. The molecule has 0 aliphatic carbocycles. The smallest absolute Gasteiger partial charge is 0.255 e. The third-order valence-electron chi connectivity index (χ3n) is 2.80. The van der Waals surface area contributed by atoms with Crippen molar-refractivity contribution >= 4 is 34.8 Å². The van der Waals surface area contributed by atoms with Gasteiger partial charge in [-0.2, -0.15) is 26.3 Å². The van der Waals surface area contributed by atoms with Gasteiger partial charge in [-0.05, 0) is 18.2 Å². The van der Waals surface area contributed by atoms with Crippen LogP contribution >= 0.6 is 34.8 Å². The Morgan fingerprint density at radius 2 is 1.39 bits per heavy atom. The quantitative estimate of drug-likeness (QED) is 0.385. The van der Waals surface area contributed by atoms with Crippen LogP contribution in [0.5, 0.6) is 0 Å². The summed E-state index contributed by atoms with van der Waals surface area (Å²) in [7, 11) is 0. The maximum absolute atomic E-state index is 13.1. The highest BCUT2D eigenvalue weighted by atomic mass is 35.5. The lowest BCUT2D eigenvalue weighted by Gasteiger charge is -2.17. The van der Waals surface area contributed by atoms with E-state index >= 15 is 0 Å². The first-order chi connectivity index (χ1) is 10.4. The molecule has 0 radical (unpaired) electrons. The largest absolute Gasteiger partial charge is 0.418 e. The summed E-state index contributed by atoms with van der Waals surface area (Å²) in [5.41, 5.74) is -4.37. The van der Waals surface area contributed by atoms with Crippen LogP contribution in [0.25, 0.3) is 11.3 Å². The van der Waals surface area contributed by atoms with Crippen molar-refractivity contribution in [2.24, 2.45) is 0 Å². The van der Waals surface area contributed by atoms with Crippen molar-refractivity contribution in [1.82, 2.24) is 4.98 Å². The maximum Gasteiger partial charge on any atom is 0.418 e. The zero-order valence-electron chi connectivity index (χ0n) is 10.7. The molecule has 2 aromatic rings. The summed E-state index contributed by atoms with van der Waals surface area (Å²) < 4.78 is 77.3. The predicted octanol–water partition coefficient (Wildman–Crippen LogP) is 6.75. The normalized spacial score (nSPS) is 12.6. The Morgan fingerprint density at radius 1 is 0.826 bits per heavy atom. The summed E-state index contributed by atoms with van der Waals surface area (Å²) in [5.74, 6) is 0. The van der Waals surface area contributed by atoms with Gasteiger partial charge in [0.1, 0.15) is 0 Å². The minimum Gasteiger partial charge on any atom is -0.255 e. The summed E-state index contributed by atoms with van der Waals surface area (Å²) in [6, 6.07) is 2.37. The second kappa shape index (κ2) is 6.03. The van der Waals surface area contributed by atoms with Gasteiger partial charge in [0, 0.05) is 11.8 Å². The van der Waals surface area contributed by atoms with E-state index in [2.05, 4.69) is 4.98 Å². The molecule has 0 spiro atoms. The Labute approximate surface area is 140 Å². The lowest BCUT2D eigenvalue weighted by atomic mass is 10.0. The van der Waals surface area contributed by atoms with Crippen LogP contribution in [0, 0.1) is 0 Å². The fourth-order valence-corrected chi connectivity index (χ4v) is 2.49. The molecule has 1 heterocycles. The molecule has 0 bridgehead atoms. The third kappa shape index (κ3) is 3.67. The zero-order valence-corrected chi connectivity index (χ0v) is 12.9. The van der Waals surface area contributed by atoms with Crippen molar-refractivity contribution in [3.05, 3.63) is 50.6 Å². The fourth-order valence-electron chi connectivity index (χ4n) is 1.78. The summed E-state index contributed by atoms with van der Waals surface area (Å²) in [4.78, 5) is 3.28. The number of hydrogen-bond donors (Lipinski definition) is 0. The molecular formula is C13H4Cl3F6N. The highest BCUT2D eigenvalue weighted by molar-refractivity contribution is 6.46. The Balaban J connectivity index is 2.81. The predicted molar refractivity (Wildman–Crippen MR) is 74.7 cm³/mol. The SMILES string of the molecule is FC(F)(F)c1cnc(-c2c(Cl)ccc(Cl)c2Cl)c(C(F)(F)F)c1. The van der Waals surface area contributed by atoms with Crippen LogP contribution in [-0.4, -0.2) is 4.98 Å². The Bertz CT molecular complexity index is 755. The second-order valence-corrected chi connectivity index (χ2v) is 5.53. The van der Waals surface area contributed by atoms with E-state index in [9.17, 15) is 26.3 Å². The molecule has 0 unspecified atom stereocenters. The van der Waals surface area contributed by atoms with Crippen LogP contribution in [-0.2, 0) is 12.4 Å². The van der Waals surface area contributed by atoms with Crippen molar-refractivity contribution in [1.29, 1.82) is 0 Å². The van der Waals surface area contributed by atoms with Gasteiger partial charge in [0.25, 0.3) is 0 Å². The monoisotopic (exact) mass is 393 g/mol. The molecule has 1 nitrogen and oxygen atoms in total. The number of aromatic nitrogens is 1. The average molecular weight is 395 g/mol. The van der Waals surface area contributed by atoms with Gasteiger partial charge in [0.05, 0.1) is 31.9 Å². The van der Waals surface area contributed by atoms with Crippen LogP contribution in [0.3, 0.4) is 0 Å². The number of alkyl halides is 6. The standard InChI is InChI=1S/C13H4Cl3F6N/c14-7-1-2-8(15)10(16)9(7)11-6(13(20,21)22)3-5(4-23-11)12(17,18)19/h1-4H. The van der Waals surface area contributed by atoms with Gasteiger partial charge >= 0.3 is 12.4 Å². The summed E-state index contributed by atoms with van der Waals surface area (Å²) in [6.45, 7) is 0. The van der Waals surface area contributed by atoms with E-state index < -0.39 is 29.2 Å². The number of halogens is 9. The fraction of sp³-hybridized carbons (Fsp3) is 0.154. The maximum atomic E-state index is 13.1. The Hall–Kier alpha value is -1.18. The number of nitrogens with zero attached hydrogens (tertiary/aromatic N) is 1. The highest BCUT2D eigenvalue weighted by Gasteiger charge is 2.40. The first kappa shape index (κ1) is 18.2. The molecule has 0 saturated heterocycles. The summed E-state index contributed by atoms with van der Waals surface area (Å²) in [6.07, 6.45) is -9.80. The van der Waals surface area contributed by atoms with Gasteiger partial charge in [0.15, 0.2) is 0 Å². The lowest BCUT2D eigenvalue weighted by Crippen LogP contribution is -2.13. The van der Waals surface area contributed by atoms with Gasteiger partial charge in [-0.3, -0.25) is 4.98 Å². The molecular weight excluding hydrogens is 390 g/mol. The van der Waals surface area contributed by atoms with Crippen molar-refractivity contribution in [2.75, 3.05) is 0 Å². The van der Waals surface area contributed by atoms with E-state index in [1.807, 2.05) is 0 Å². The van der Waals surface area contributed by atoms with Crippen LogP contribution in [0.4, 0.5) is 26.3 Å². The van der Waals surface area contributed by atoms with Crippen LogP contribution in [0.15, 0.2) is 24.4 Å². The topological polar surface area (TPSA) is 12.9 Å². The first-order valence-electron chi connectivity index (χ1n) is 5.71. The molecule has 124 valence electrons. The molecule has 0 fully saturated rings. The van der Waals surface area contributed by atoms with E-state index in [1.54, 1.807) is 0 Å². The lowest BCUT2D eigenvalue weighted by molar-refractivity contribution is -0.143. The number of rotatable bonds is 1. The molecule has 0 N–H and O–H groups in total. The molecule has 0 saturated carbocycles. The van der Waals surface area contributed by atoms with Crippen molar-refractivity contribution in [3.63, 3.8) is 0 Å². The Morgan fingerprint density at radius 3 is 1.91 bits per heavy atom. The van der Waals surface area contributed by atoms with Gasteiger partial charge in [-0.25, -0.2) is 0 Å². The Kier molecular flexibility index (Phi) is 4.76. The van der Waals surface area contributed by atoms with Crippen molar-refractivity contribution in [3.8, 4) is 11.3 Å². The third-order valence-corrected chi connectivity index (χ3v) is 3.92. The van der Waals surface area contributed by atoms with E-state index in [0.29, 0.717) is 0 Å². The van der Waals surface area contributed by atoms with Gasteiger partial charge in [-0.1, -0.05) is 34.8 Å². The van der Waals surface area contributed by atoms with Crippen molar-refractivity contribution < 1.29 is 26.3 Å². The molecule has 0 atom stereocenters. The van der Waals surface area contributed by atoms with Crippen LogP contribution < -0.4 is 0 Å². The highest BCUT2D eigenvalue weighted by Crippen LogP contribution is 2.45. The molecule has 1 aromatic carbocycles. The summed E-state index contributed by atoms with van der Waals surface area (Å²) >= 11 is 17.4. The average Bonchev–Trinajstić information content (AvgIpc) is 2.41. The van der Waals surface area contributed by atoms with Crippen LogP contribution in [0.2, 0.25) is 15.1 Å². The molecule has 10 heteroatoms. The molecule has 23 heavy (non-hydrogen) atoms. The minimum absolute atomic E-state index is 0.0457. The second-order valence-electron chi connectivity index (χ2n) is 4.33. The van der Waals surface area contributed by atoms with Crippen molar-refractivity contribution in [2.45, 2.75) is 12.4 Å². The molecule has 1 aromatic heterocycles. The number of hydrogen-bond acceptors (Lipinski definition) is 1. The molecule has 2 rings (SSSR count). The minimum atomic E-state index is -5.10. The first-order valence-corrected chi connectivity index (χ1v) is 6.84. The summed E-state index contributed by atoms with van der Waals surface area (Å²) in [5, 5.41) is -0.671. The van der Waals surface area contributed by atoms with Gasteiger partial charge in [0.2, 0.25) is 0 Å².